The largest absolute Gasteiger partial charge is 0.448 e. The fourth-order valence-electron chi connectivity index (χ4n) is 3.45. The van der Waals surface area contributed by atoms with Crippen LogP contribution in [-0.2, 0) is 6.54 Å². The molecule has 0 bridgehead atoms. The first kappa shape index (κ1) is 20.3. The van der Waals surface area contributed by atoms with Gasteiger partial charge in [-0.15, -0.1) is 0 Å². The molecule has 0 amide bonds. The van der Waals surface area contributed by atoms with Crippen molar-refractivity contribution in [2.45, 2.75) is 13.5 Å². The number of nitrogens with one attached hydrogen (secondary N) is 4. The lowest BCUT2D eigenvalue weighted by molar-refractivity contribution is -0.392. The van der Waals surface area contributed by atoms with Crippen LogP contribution >= 0.6 is 0 Å². The van der Waals surface area contributed by atoms with Gasteiger partial charge in [0.2, 0.25) is 0 Å². The van der Waals surface area contributed by atoms with Crippen LogP contribution < -0.4 is 20.4 Å². The van der Waals surface area contributed by atoms with Gasteiger partial charge >= 0.3 is 5.88 Å². The maximum Gasteiger partial charge on any atom is 0.365 e. The molecule has 0 aromatic carbocycles. The summed E-state index contributed by atoms with van der Waals surface area (Å²) in [6.45, 7) is 2.45. The third kappa shape index (κ3) is 4.40. The average molecular weight is 440 g/mol. The standard InChI is InChI=1S/C23H21N9O/c1-14-30-20(21-23(31-14)29-13-28-21)18-9-15(10-25-16-5-7-24-8-6-16)11-27-22(18)32-17-3-4-19(33-2)26-12-17/h3-9,11-13H,10H2,1-2H3,(H,24,25)(H,27,32)(H,28,29,30,31)/p+1. The molecule has 0 fully saturated rings. The van der Waals surface area contributed by atoms with Gasteiger partial charge in [-0.3, -0.25) is 4.98 Å². The second kappa shape index (κ2) is 8.87. The number of H-pyrrole nitrogens is 2. The molecule has 0 aliphatic heterocycles. The smallest absolute Gasteiger partial charge is 0.365 e. The molecule has 0 radical (unpaired) electrons. The minimum atomic E-state index is 0.594. The van der Waals surface area contributed by atoms with Crippen molar-refractivity contribution < 1.29 is 9.72 Å². The molecule has 5 aromatic rings. The Morgan fingerprint density at radius 3 is 2.73 bits per heavy atom. The number of anilines is 3. The highest BCUT2D eigenvalue weighted by Crippen LogP contribution is 2.32. The predicted octanol–water partition coefficient (Wildman–Crippen LogP) is 3.30. The molecule has 0 aliphatic rings. The van der Waals surface area contributed by atoms with E-state index in [0.717, 1.165) is 33.7 Å². The third-order valence-corrected chi connectivity index (χ3v) is 5.04. The van der Waals surface area contributed by atoms with E-state index in [2.05, 4.69) is 41.6 Å². The van der Waals surface area contributed by atoms with Gasteiger partial charge in [0, 0.05) is 36.4 Å². The molecule has 5 rings (SSSR count). The van der Waals surface area contributed by atoms with Crippen molar-refractivity contribution in [1.82, 2.24) is 29.9 Å². The molecule has 0 spiro atoms. The topological polar surface area (TPSA) is 128 Å². The number of ether oxygens (including phenoxy) is 1. The summed E-state index contributed by atoms with van der Waals surface area (Å²) in [6, 6.07) is 9.67. The van der Waals surface area contributed by atoms with E-state index in [9.17, 15) is 0 Å². The van der Waals surface area contributed by atoms with Gasteiger partial charge in [-0.1, -0.05) is 0 Å². The predicted molar refractivity (Wildman–Crippen MR) is 124 cm³/mol. The van der Waals surface area contributed by atoms with E-state index in [1.807, 2.05) is 43.6 Å². The van der Waals surface area contributed by atoms with Crippen molar-refractivity contribution in [2.75, 3.05) is 17.7 Å². The van der Waals surface area contributed by atoms with Crippen molar-refractivity contribution in [3.63, 3.8) is 0 Å². The molecule has 0 atom stereocenters. The zero-order valence-electron chi connectivity index (χ0n) is 18.1. The first-order valence-corrected chi connectivity index (χ1v) is 10.3. The highest BCUT2D eigenvalue weighted by Gasteiger charge is 2.17. The molecular formula is C23H22N9O+. The van der Waals surface area contributed by atoms with Crippen LogP contribution in [0.4, 0.5) is 17.2 Å². The number of aryl methyl sites for hydroxylation is 1. The van der Waals surface area contributed by atoms with Crippen LogP contribution in [0.25, 0.3) is 22.4 Å². The van der Waals surface area contributed by atoms with Crippen molar-refractivity contribution >= 4 is 28.4 Å². The molecule has 0 saturated heterocycles. The average Bonchev–Trinajstić information content (AvgIpc) is 3.32. The van der Waals surface area contributed by atoms with Crippen LogP contribution in [0.3, 0.4) is 0 Å². The summed E-state index contributed by atoms with van der Waals surface area (Å²) in [5.74, 6) is 1.96. The summed E-state index contributed by atoms with van der Waals surface area (Å²) in [7, 11) is 1.62. The van der Waals surface area contributed by atoms with Gasteiger partial charge in [0.05, 0.1) is 19.5 Å². The summed E-state index contributed by atoms with van der Waals surface area (Å²) >= 11 is 0. The number of fused-ring (bicyclic) bond motifs is 1. The molecule has 33 heavy (non-hydrogen) atoms. The van der Waals surface area contributed by atoms with Crippen molar-refractivity contribution in [2.24, 2.45) is 0 Å². The molecule has 4 N–H and O–H groups in total. The first-order chi connectivity index (χ1) is 16.2. The zero-order chi connectivity index (χ0) is 22.6. The quantitative estimate of drug-likeness (QED) is 0.352. The number of imidazole rings is 1. The summed E-state index contributed by atoms with van der Waals surface area (Å²) in [5.41, 5.74) is 5.74. The number of nitrogens with zero attached hydrogens (tertiary/aromatic N) is 5. The van der Waals surface area contributed by atoms with Crippen LogP contribution in [0.5, 0.6) is 5.88 Å². The number of hydrogen-bond donors (Lipinski definition) is 3. The van der Waals surface area contributed by atoms with Crippen molar-refractivity contribution in [1.29, 1.82) is 0 Å². The molecule has 5 heterocycles. The molecule has 164 valence electrons. The fourth-order valence-corrected chi connectivity index (χ4v) is 3.45. The molecule has 10 nitrogen and oxygen atoms in total. The Bertz CT molecular complexity index is 1380. The Morgan fingerprint density at radius 1 is 1.06 bits per heavy atom. The van der Waals surface area contributed by atoms with Crippen LogP contribution in [0.15, 0.2) is 61.4 Å². The molecule has 0 unspecified atom stereocenters. The lowest BCUT2D eigenvalue weighted by Crippen LogP contribution is -2.09. The minimum absolute atomic E-state index is 0.594. The first-order valence-electron chi connectivity index (χ1n) is 10.3. The Balaban J connectivity index is 1.55. The fraction of sp³-hybridized carbons (Fsp3) is 0.130. The Labute approximate surface area is 189 Å². The normalized spacial score (nSPS) is 10.8. The monoisotopic (exact) mass is 440 g/mol. The Kier molecular flexibility index (Phi) is 5.46. The summed E-state index contributed by atoms with van der Waals surface area (Å²) in [5, 5.41) is 6.77. The van der Waals surface area contributed by atoms with E-state index >= 15 is 0 Å². The van der Waals surface area contributed by atoms with Crippen LogP contribution in [-0.4, -0.2) is 37.0 Å². The van der Waals surface area contributed by atoms with Gasteiger partial charge in [0.1, 0.15) is 28.5 Å². The minimum Gasteiger partial charge on any atom is -0.448 e. The SMILES string of the molecule is COc1ccc(Nc2ncc(CNc3ccncc3)cc2-c2nc(C)nc3nc[nH]c23)c[nH+]1. The molecule has 0 saturated carbocycles. The summed E-state index contributed by atoms with van der Waals surface area (Å²) < 4.78 is 5.21. The van der Waals surface area contributed by atoms with E-state index in [4.69, 9.17) is 14.7 Å². The van der Waals surface area contributed by atoms with Crippen LogP contribution in [0, 0.1) is 6.92 Å². The highest BCUT2D eigenvalue weighted by atomic mass is 16.5. The van der Waals surface area contributed by atoms with Gasteiger partial charge in [0.15, 0.2) is 11.8 Å². The van der Waals surface area contributed by atoms with Gasteiger partial charge in [0.25, 0.3) is 0 Å². The summed E-state index contributed by atoms with van der Waals surface area (Å²) in [6.07, 6.45) is 8.79. The maximum absolute atomic E-state index is 5.21. The number of aromatic amines is 2. The zero-order valence-corrected chi connectivity index (χ0v) is 18.1. The van der Waals surface area contributed by atoms with Gasteiger partial charge in [-0.2, -0.15) is 4.98 Å². The number of rotatable bonds is 7. The molecule has 10 heteroatoms. The number of aromatic nitrogens is 7. The summed E-state index contributed by atoms with van der Waals surface area (Å²) in [4.78, 5) is 28.5. The molecular weight excluding hydrogens is 418 g/mol. The highest BCUT2D eigenvalue weighted by molar-refractivity contribution is 5.91. The second-order valence-corrected chi connectivity index (χ2v) is 7.32. The molecule has 0 aliphatic carbocycles. The van der Waals surface area contributed by atoms with E-state index in [0.29, 0.717) is 29.7 Å². The van der Waals surface area contributed by atoms with Crippen LogP contribution in [0.2, 0.25) is 0 Å². The Morgan fingerprint density at radius 2 is 1.94 bits per heavy atom. The van der Waals surface area contributed by atoms with Crippen molar-refractivity contribution in [3.8, 4) is 17.1 Å². The third-order valence-electron chi connectivity index (χ3n) is 5.04. The second-order valence-electron chi connectivity index (χ2n) is 7.32. The van der Waals surface area contributed by atoms with Gasteiger partial charge < -0.3 is 20.4 Å². The van der Waals surface area contributed by atoms with E-state index < -0.39 is 0 Å². The van der Waals surface area contributed by atoms with Gasteiger partial charge in [-0.25, -0.2) is 19.9 Å². The van der Waals surface area contributed by atoms with Gasteiger partial charge in [-0.05, 0) is 36.8 Å². The maximum atomic E-state index is 5.21. The lowest BCUT2D eigenvalue weighted by atomic mass is 10.1. The Hall–Kier alpha value is -4.60. The molecule has 5 aromatic heterocycles. The number of pyridine rings is 3. The lowest BCUT2D eigenvalue weighted by Gasteiger charge is -2.13. The van der Waals surface area contributed by atoms with E-state index in [1.165, 1.54) is 0 Å². The van der Waals surface area contributed by atoms with E-state index in [1.54, 1.807) is 25.8 Å². The number of hydrogen-bond acceptors (Lipinski definition) is 8. The van der Waals surface area contributed by atoms with E-state index in [-0.39, 0.29) is 0 Å². The number of methoxy groups -OCH3 is 1. The van der Waals surface area contributed by atoms with Crippen LogP contribution in [0.1, 0.15) is 11.4 Å². The van der Waals surface area contributed by atoms with Crippen molar-refractivity contribution in [3.05, 3.63) is 72.8 Å².